The second-order valence-electron chi connectivity index (χ2n) is 4.18. The van der Waals surface area contributed by atoms with E-state index in [1.165, 1.54) is 32.1 Å². The fraction of sp³-hybridized carbons (Fsp3) is 1.00. The second-order valence-corrected chi connectivity index (χ2v) is 4.18. The molecule has 0 aliphatic carbocycles. The van der Waals surface area contributed by atoms with Crippen LogP contribution < -0.4 is 0 Å². The van der Waals surface area contributed by atoms with Crippen LogP contribution in [0.15, 0.2) is 0 Å². The van der Waals surface area contributed by atoms with Crippen LogP contribution >= 0.6 is 0 Å². The van der Waals surface area contributed by atoms with E-state index in [9.17, 15) is 0 Å². The van der Waals surface area contributed by atoms with Gasteiger partial charge in [0.05, 0.1) is 0 Å². The average Bonchev–Trinajstić information content (AvgIpc) is 2.32. The van der Waals surface area contributed by atoms with Crippen molar-refractivity contribution in [2.75, 3.05) is 20.8 Å². The molecule has 2 atom stereocenters. The van der Waals surface area contributed by atoms with Crippen molar-refractivity contribution in [1.29, 1.82) is 0 Å². The van der Waals surface area contributed by atoms with E-state index in [1.54, 1.807) is 14.2 Å². The first-order valence-corrected chi connectivity index (χ1v) is 6.43. The van der Waals surface area contributed by atoms with Gasteiger partial charge in [-0.15, -0.1) is 0 Å². The van der Waals surface area contributed by atoms with Crippen LogP contribution in [0, 0.1) is 0 Å². The highest BCUT2D eigenvalue weighted by atomic mass is 16.7. The van der Waals surface area contributed by atoms with Crippen molar-refractivity contribution >= 4 is 0 Å². The van der Waals surface area contributed by atoms with E-state index in [0.717, 1.165) is 13.0 Å². The summed E-state index contributed by atoms with van der Waals surface area (Å²) in [5, 5.41) is 0. The zero-order valence-electron chi connectivity index (χ0n) is 11.3. The van der Waals surface area contributed by atoms with E-state index in [0.29, 0.717) is 0 Å². The Morgan fingerprint density at radius 3 is 2.06 bits per heavy atom. The van der Waals surface area contributed by atoms with Gasteiger partial charge in [-0.2, -0.15) is 0 Å². The number of methoxy groups -OCH3 is 2. The van der Waals surface area contributed by atoms with Crippen molar-refractivity contribution < 1.29 is 14.2 Å². The zero-order valence-corrected chi connectivity index (χ0v) is 11.3. The van der Waals surface area contributed by atoms with Gasteiger partial charge in [-0.25, -0.2) is 0 Å². The van der Waals surface area contributed by atoms with Gasteiger partial charge in [-0.3, -0.25) is 0 Å². The van der Waals surface area contributed by atoms with Gasteiger partial charge in [-0.1, -0.05) is 39.0 Å². The zero-order chi connectivity index (χ0) is 12.2. The molecule has 0 aromatic rings. The lowest BCUT2D eigenvalue weighted by atomic mass is 10.1. The van der Waals surface area contributed by atoms with E-state index >= 15 is 0 Å². The van der Waals surface area contributed by atoms with Gasteiger partial charge < -0.3 is 14.2 Å². The van der Waals surface area contributed by atoms with Gasteiger partial charge in [0.25, 0.3) is 0 Å². The lowest BCUT2D eigenvalue weighted by molar-refractivity contribution is -0.182. The van der Waals surface area contributed by atoms with Crippen molar-refractivity contribution in [3.8, 4) is 0 Å². The maximum Gasteiger partial charge on any atom is 0.183 e. The molecule has 0 saturated carbocycles. The Kier molecular flexibility index (Phi) is 11.3. The standard InChI is InChI=1S/C13H28O3/c1-5-6-7-8-9-10-11-16-13(15-4)12(2)14-3/h12-13H,5-11H2,1-4H3. The first-order chi connectivity index (χ1) is 7.76. The first-order valence-electron chi connectivity index (χ1n) is 6.43. The number of unbranched alkanes of at least 4 members (excludes halogenated alkanes) is 5. The lowest BCUT2D eigenvalue weighted by Crippen LogP contribution is -2.30. The molecule has 0 heterocycles. The normalized spacial score (nSPS) is 15.0. The highest BCUT2D eigenvalue weighted by molar-refractivity contribution is 4.54. The van der Waals surface area contributed by atoms with Crippen LogP contribution in [-0.2, 0) is 14.2 Å². The van der Waals surface area contributed by atoms with E-state index in [2.05, 4.69) is 6.92 Å². The van der Waals surface area contributed by atoms with Gasteiger partial charge in [0, 0.05) is 20.8 Å². The molecule has 0 aromatic heterocycles. The van der Waals surface area contributed by atoms with Crippen LogP contribution in [0.1, 0.15) is 52.4 Å². The highest BCUT2D eigenvalue weighted by Crippen LogP contribution is 2.08. The van der Waals surface area contributed by atoms with E-state index in [-0.39, 0.29) is 12.4 Å². The first kappa shape index (κ1) is 15.9. The molecular formula is C13H28O3. The van der Waals surface area contributed by atoms with Crippen molar-refractivity contribution in [3.63, 3.8) is 0 Å². The number of ether oxygens (including phenoxy) is 3. The summed E-state index contributed by atoms with van der Waals surface area (Å²) in [7, 11) is 3.33. The Bertz CT molecular complexity index is 139. The molecular weight excluding hydrogens is 204 g/mol. The summed E-state index contributed by atoms with van der Waals surface area (Å²) in [5.74, 6) is 0. The van der Waals surface area contributed by atoms with Gasteiger partial charge in [0.15, 0.2) is 6.29 Å². The van der Waals surface area contributed by atoms with Crippen LogP contribution in [0.4, 0.5) is 0 Å². The predicted octanol–water partition coefficient (Wildman–Crippen LogP) is 3.37. The summed E-state index contributed by atoms with van der Waals surface area (Å²) in [5.41, 5.74) is 0. The van der Waals surface area contributed by atoms with Crippen LogP contribution in [-0.4, -0.2) is 33.2 Å². The molecule has 0 rings (SSSR count). The number of hydrogen-bond acceptors (Lipinski definition) is 3. The molecule has 3 heteroatoms. The van der Waals surface area contributed by atoms with Crippen molar-refractivity contribution in [1.82, 2.24) is 0 Å². The molecule has 0 amide bonds. The Balaban J connectivity index is 3.34. The summed E-state index contributed by atoms with van der Waals surface area (Å²) in [6, 6.07) is 0. The average molecular weight is 232 g/mol. The third kappa shape index (κ3) is 8.08. The van der Waals surface area contributed by atoms with Crippen molar-refractivity contribution in [2.24, 2.45) is 0 Å². The molecule has 98 valence electrons. The number of rotatable bonds is 11. The topological polar surface area (TPSA) is 27.7 Å². The Morgan fingerprint density at radius 1 is 0.875 bits per heavy atom. The fourth-order valence-electron chi connectivity index (χ4n) is 1.59. The quantitative estimate of drug-likeness (QED) is 0.404. The predicted molar refractivity (Wildman–Crippen MR) is 66.6 cm³/mol. The molecule has 0 N–H and O–H groups in total. The van der Waals surface area contributed by atoms with Crippen LogP contribution in [0.2, 0.25) is 0 Å². The second kappa shape index (κ2) is 11.4. The summed E-state index contributed by atoms with van der Waals surface area (Å²) in [4.78, 5) is 0. The smallest absolute Gasteiger partial charge is 0.183 e. The van der Waals surface area contributed by atoms with Crippen molar-refractivity contribution in [3.05, 3.63) is 0 Å². The summed E-state index contributed by atoms with van der Waals surface area (Å²) < 4.78 is 16.0. The SMILES string of the molecule is CCCCCCCCOC(OC)C(C)OC. The van der Waals surface area contributed by atoms with Gasteiger partial charge in [0.1, 0.15) is 6.10 Å². The molecule has 0 spiro atoms. The minimum absolute atomic E-state index is 0.00917. The molecule has 0 radical (unpaired) electrons. The minimum atomic E-state index is -0.236. The Morgan fingerprint density at radius 2 is 1.50 bits per heavy atom. The molecule has 0 bridgehead atoms. The maximum absolute atomic E-state index is 5.60. The molecule has 16 heavy (non-hydrogen) atoms. The van der Waals surface area contributed by atoms with Crippen molar-refractivity contribution in [2.45, 2.75) is 64.8 Å². The third-order valence-electron chi connectivity index (χ3n) is 2.77. The summed E-state index contributed by atoms with van der Waals surface area (Å²) in [6.45, 7) is 4.95. The largest absolute Gasteiger partial charge is 0.376 e. The van der Waals surface area contributed by atoms with Crippen LogP contribution in [0.3, 0.4) is 0 Å². The summed E-state index contributed by atoms with van der Waals surface area (Å²) >= 11 is 0. The molecule has 0 aliphatic heterocycles. The van der Waals surface area contributed by atoms with E-state index in [1.807, 2.05) is 6.92 Å². The monoisotopic (exact) mass is 232 g/mol. The van der Waals surface area contributed by atoms with Crippen LogP contribution in [0.25, 0.3) is 0 Å². The molecule has 2 unspecified atom stereocenters. The number of hydrogen-bond donors (Lipinski definition) is 0. The third-order valence-corrected chi connectivity index (χ3v) is 2.77. The fourth-order valence-corrected chi connectivity index (χ4v) is 1.59. The highest BCUT2D eigenvalue weighted by Gasteiger charge is 2.15. The Hall–Kier alpha value is -0.120. The minimum Gasteiger partial charge on any atom is -0.376 e. The van der Waals surface area contributed by atoms with Gasteiger partial charge in [0.2, 0.25) is 0 Å². The van der Waals surface area contributed by atoms with E-state index < -0.39 is 0 Å². The maximum atomic E-state index is 5.60. The summed E-state index contributed by atoms with van der Waals surface area (Å²) in [6.07, 6.45) is 7.42. The molecule has 0 aromatic carbocycles. The van der Waals surface area contributed by atoms with Crippen LogP contribution in [0.5, 0.6) is 0 Å². The van der Waals surface area contributed by atoms with Gasteiger partial charge >= 0.3 is 0 Å². The molecule has 0 saturated heterocycles. The lowest BCUT2D eigenvalue weighted by Gasteiger charge is -2.21. The van der Waals surface area contributed by atoms with Gasteiger partial charge in [-0.05, 0) is 13.3 Å². The Labute approximate surface area is 100 Å². The molecule has 3 nitrogen and oxygen atoms in total. The molecule has 0 fully saturated rings. The molecule has 0 aliphatic rings. The van der Waals surface area contributed by atoms with E-state index in [4.69, 9.17) is 14.2 Å².